The fraction of sp³-hybridized carbons (Fsp3) is 0. The average Bonchev–Trinajstić information content (AvgIpc) is 2.63. The first-order valence-corrected chi connectivity index (χ1v) is 7.06. The second-order valence-electron chi connectivity index (χ2n) is 4.54. The van der Waals surface area contributed by atoms with Crippen molar-refractivity contribution in [3.63, 3.8) is 0 Å². The first-order chi connectivity index (χ1) is 11.3. The summed E-state index contributed by atoms with van der Waals surface area (Å²) in [7, 11) is 0. The molecular formula is C19H16N2O2. The Balaban J connectivity index is 0.000000185. The van der Waals surface area contributed by atoms with Crippen LogP contribution in [-0.2, 0) is 0 Å². The zero-order valence-electron chi connectivity index (χ0n) is 12.4. The van der Waals surface area contributed by atoms with Gasteiger partial charge in [0.15, 0.2) is 0 Å². The molecule has 0 fully saturated rings. The number of hydrogen-bond donors (Lipinski definition) is 1. The van der Waals surface area contributed by atoms with Gasteiger partial charge in [0.2, 0.25) is 0 Å². The maximum Gasteiger partial charge on any atom is 0.335 e. The molecule has 114 valence electrons. The van der Waals surface area contributed by atoms with Crippen molar-refractivity contribution in [2.45, 2.75) is 0 Å². The van der Waals surface area contributed by atoms with Crippen molar-refractivity contribution in [3.05, 3.63) is 96.6 Å². The van der Waals surface area contributed by atoms with Gasteiger partial charge >= 0.3 is 5.97 Å². The summed E-state index contributed by atoms with van der Waals surface area (Å²) in [4.78, 5) is 10.2. The van der Waals surface area contributed by atoms with Gasteiger partial charge in [0.25, 0.3) is 0 Å². The second kappa shape index (κ2) is 8.89. The fourth-order valence-corrected chi connectivity index (χ4v) is 1.69. The SMILES string of the molecule is O=C(O)c1ccccc1.c1ccc(/N=N/c2ccccc2)cc1. The molecule has 0 aliphatic rings. The van der Waals surface area contributed by atoms with Crippen LogP contribution in [0, 0.1) is 0 Å². The predicted molar refractivity (Wildman–Crippen MR) is 90.5 cm³/mol. The van der Waals surface area contributed by atoms with E-state index in [0.717, 1.165) is 11.4 Å². The largest absolute Gasteiger partial charge is 0.478 e. The molecule has 0 spiro atoms. The Labute approximate surface area is 134 Å². The second-order valence-corrected chi connectivity index (χ2v) is 4.54. The number of carboxylic acids is 1. The monoisotopic (exact) mass is 304 g/mol. The molecule has 0 aromatic heterocycles. The van der Waals surface area contributed by atoms with Crippen LogP contribution in [0.2, 0.25) is 0 Å². The van der Waals surface area contributed by atoms with E-state index >= 15 is 0 Å². The summed E-state index contributed by atoms with van der Waals surface area (Å²) >= 11 is 0. The first-order valence-electron chi connectivity index (χ1n) is 7.06. The van der Waals surface area contributed by atoms with Crippen molar-refractivity contribution in [2.24, 2.45) is 10.2 Å². The fourth-order valence-electron chi connectivity index (χ4n) is 1.69. The Hall–Kier alpha value is -3.27. The van der Waals surface area contributed by atoms with Crippen molar-refractivity contribution in [1.29, 1.82) is 0 Å². The van der Waals surface area contributed by atoms with E-state index in [1.54, 1.807) is 30.3 Å². The van der Waals surface area contributed by atoms with Crippen LogP contribution in [0.4, 0.5) is 11.4 Å². The number of hydrogen-bond acceptors (Lipinski definition) is 3. The molecule has 3 rings (SSSR count). The van der Waals surface area contributed by atoms with Gasteiger partial charge < -0.3 is 5.11 Å². The molecule has 0 saturated heterocycles. The first kappa shape index (κ1) is 16.1. The summed E-state index contributed by atoms with van der Waals surface area (Å²) in [6.45, 7) is 0. The molecule has 0 aliphatic carbocycles. The maximum absolute atomic E-state index is 10.2. The summed E-state index contributed by atoms with van der Waals surface area (Å²) in [5.74, 6) is -0.879. The van der Waals surface area contributed by atoms with Gasteiger partial charge in [0.05, 0.1) is 16.9 Å². The highest BCUT2D eigenvalue weighted by molar-refractivity contribution is 5.87. The van der Waals surface area contributed by atoms with E-state index in [0.29, 0.717) is 5.56 Å². The minimum absolute atomic E-state index is 0.331. The smallest absolute Gasteiger partial charge is 0.335 e. The van der Waals surface area contributed by atoms with Gasteiger partial charge in [0.1, 0.15) is 0 Å². The quantitative estimate of drug-likeness (QED) is 0.650. The molecule has 23 heavy (non-hydrogen) atoms. The third kappa shape index (κ3) is 5.93. The zero-order chi connectivity index (χ0) is 16.3. The highest BCUT2D eigenvalue weighted by atomic mass is 16.4. The summed E-state index contributed by atoms with van der Waals surface area (Å²) in [6.07, 6.45) is 0. The number of benzene rings is 3. The van der Waals surface area contributed by atoms with Gasteiger partial charge in [-0.25, -0.2) is 4.79 Å². The minimum Gasteiger partial charge on any atom is -0.478 e. The van der Waals surface area contributed by atoms with Crippen molar-refractivity contribution in [3.8, 4) is 0 Å². The number of azo groups is 1. The number of nitrogens with zero attached hydrogens (tertiary/aromatic N) is 2. The Kier molecular flexibility index (Phi) is 6.23. The highest BCUT2D eigenvalue weighted by Gasteiger charge is 1.96. The van der Waals surface area contributed by atoms with E-state index in [1.165, 1.54) is 0 Å². The molecule has 4 nitrogen and oxygen atoms in total. The standard InChI is InChI=1S/C12H10N2.C7H6O2/c1-3-7-11(8-4-1)13-14-12-9-5-2-6-10-12;8-7(9)6-4-2-1-3-5-6/h1-10H;1-5H,(H,8,9)/b14-13+;. The normalized spacial score (nSPS) is 9.91. The molecule has 3 aromatic rings. The number of carboxylic acid groups (broad SMARTS) is 1. The molecule has 0 atom stereocenters. The van der Waals surface area contributed by atoms with Crippen LogP contribution < -0.4 is 0 Å². The lowest BCUT2D eigenvalue weighted by atomic mass is 10.2. The molecule has 0 bridgehead atoms. The Morgan fingerprint density at radius 1 is 0.609 bits per heavy atom. The van der Waals surface area contributed by atoms with Crippen molar-refractivity contribution in [1.82, 2.24) is 0 Å². The van der Waals surface area contributed by atoms with E-state index in [4.69, 9.17) is 5.11 Å². The van der Waals surface area contributed by atoms with Crippen LogP contribution in [-0.4, -0.2) is 11.1 Å². The molecule has 3 aromatic carbocycles. The molecule has 0 radical (unpaired) electrons. The molecule has 1 N–H and O–H groups in total. The molecule has 0 aliphatic heterocycles. The van der Waals surface area contributed by atoms with Crippen LogP contribution >= 0.6 is 0 Å². The van der Waals surface area contributed by atoms with E-state index in [-0.39, 0.29) is 0 Å². The summed E-state index contributed by atoms with van der Waals surface area (Å²) in [5, 5.41) is 16.6. The lowest BCUT2D eigenvalue weighted by molar-refractivity contribution is 0.0697. The highest BCUT2D eigenvalue weighted by Crippen LogP contribution is 2.16. The molecule has 0 unspecified atom stereocenters. The predicted octanol–water partition coefficient (Wildman–Crippen LogP) is 5.49. The third-order valence-electron chi connectivity index (χ3n) is 2.81. The van der Waals surface area contributed by atoms with E-state index in [9.17, 15) is 4.79 Å². The Morgan fingerprint density at radius 2 is 0.957 bits per heavy atom. The van der Waals surface area contributed by atoms with Gasteiger partial charge in [-0.3, -0.25) is 0 Å². The van der Waals surface area contributed by atoms with E-state index < -0.39 is 5.97 Å². The molecule has 0 saturated carbocycles. The van der Waals surface area contributed by atoms with Gasteiger partial charge in [-0.1, -0.05) is 54.6 Å². The van der Waals surface area contributed by atoms with Gasteiger partial charge in [-0.2, -0.15) is 10.2 Å². The van der Waals surface area contributed by atoms with Crippen LogP contribution in [0.1, 0.15) is 10.4 Å². The van der Waals surface area contributed by atoms with E-state index in [2.05, 4.69) is 10.2 Å². The summed E-state index contributed by atoms with van der Waals surface area (Å²) in [6, 6.07) is 27.7. The number of aromatic carboxylic acids is 1. The molecular weight excluding hydrogens is 288 g/mol. The molecule has 4 heteroatoms. The van der Waals surface area contributed by atoms with Crippen LogP contribution in [0.15, 0.2) is 101 Å². The summed E-state index contributed by atoms with van der Waals surface area (Å²) in [5.41, 5.74) is 2.07. The third-order valence-corrected chi connectivity index (χ3v) is 2.81. The lowest BCUT2D eigenvalue weighted by Crippen LogP contribution is -1.93. The summed E-state index contributed by atoms with van der Waals surface area (Å²) < 4.78 is 0. The molecule has 0 heterocycles. The van der Waals surface area contributed by atoms with Crippen LogP contribution in [0.5, 0.6) is 0 Å². The van der Waals surface area contributed by atoms with Gasteiger partial charge in [-0.15, -0.1) is 0 Å². The topological polar surface area (TPSA) is 62.0 Å². The number of rotatable bonds is 3. The average molecular weight is 304 g/mol. The lowest BCUT2D eigenvalue weighted by Gasteiger charge is -1.91. The van der Waals surface area contributed by atoms with Crippen LogP contribution in [0.25, 0.3) is 0 Å². The van der Waals surface area contributed by atoms with Crippen LogP contribution in [0.3, 0.4) is 0 Å². The zero-order valence-corrected chi connectivity index (χ0v) is 12.4. The maximum atomic E-state index is 10.2. The van der Waals surface area contributed by atoms with Crippen molar-refractivity contribution >= 4 is 17.3 Å². The van der Waals surface area contributed by atoms with Crippen molar-refractivity contribution < 1.29 is 9.90 Å². The van der Waals surface area contributed by atoms with Crippen molar-refractivity contribution in [2.75, 3.05) is 0 Å². The van der Waals surface area contributed by atoms with E-state index in [1.807, 2.05) is 60.7 Å². The number of carbonyl (C=O) groups is 1. The minimum atomic E-state index is -0.879. The molecule has 0 amide bonds. The van der Waals surface area contributed by atoms with Gasteiger partial charge in [0, 0.05) is 0 Å². The van der Waals surface area contributed by atoms with Gasteiger partial charge in [-0.05, 0) is 36.4 Å². The Bertz CT molecular complexity index is 701. The Morgan fingerprint density at radius 3 is 1.26 bits per heavy atom.